The molecule has 0 aliphatic carbocycles. The minimum Gasteiger partial charge on any atom is -0.507 e. The van der Waals surface area contributed by atoms with Crippen LogP contribution in [-0.2, 0) is 10.8 Å². The smallest absolute Gasteiger partial charge is 0.226 e. The van der Waals surface area contributed by atoms with Gasteiger partial charge in [0.25, 0.3) is 0 Å². The van der Waals surface area contributed by atoms with E-state index < -0.39 is 0 Å². The summed E-state index contributed by atoms with van der Waals surface area (Å²) in [5.41, 5.74) is 6.40. The van der Waals surface area contributed by atoms with Crippen LogP contribution in [0, 0.1) is 0 Å². The Hall–Kier alpha value is -2.73. The highest BCUT2D eigenvalue weighted by Gasteiger charge is 2.26. The maximum atomic E-state index is 10.8. The van der Waals surface area contributed by atoms with E-state index in [9.17, 15) is 5.11 Å². The maximum absolute atomic E-state index is 10.8. The van der Waals surface area contributed by atoms with Gasteiger partial charge >= 0.3 is 0 Å². The van der Waals surface area contributed by atoms with Gasteiger partial charge in [0, 0.05) is 16.7 Å². The van der Waals surface area contributed by atoms with Crippen molar-refractivity contribution in [2.45, 2.75) is 52.4 Å². The Labute approximate surface area is 176 Å². The molecule has 0 radical (unpaired) electrons. The van der Waals surface area contributed by atoms with Gasteiger partial charge in [-0.15, -0.1) is 10.2 Å². The van der Waals surface area contributed by atoms with E-state index in [4.69, 9.17) is 0 Å². The van der Waals surface area contributed by atoms with Crippen LogP contribution in [0.15, 0.2) is 47.6 Å². The summed E-state index contributed by atoms with van der Waals surface area (Å²) in [6, 6.07) is 13.9. The predicted molar refractivity (Wildman–Crippen MR) is 122 cm³/mol. The van der Waals surface area contributed by atoms with Gasteiger partial charge in [-0.1, -0.05) is 83.2 Å². The number of hydrogen-bond acceptors (Lipinski definition) is 6. The Balaban J connectivity index is 1.85. The third-order valence-corrected chi connectivity index (χ3v) is 5.44. The van der Waals surface area contributed by atoms with Gasteiger partial charge in [-0.05, 0) is 28.5 Å². The van der Waals surface area contributed by atoms with Crippen LogP contribution < -0.4 is 5.43 Å². The molecule has 3 rings (SSSR count). The van der Waals surface area contributed by atoms with Crippen molar-refractivity contribution in [3.8, 4) is 16.3 Å². The minimum absolute atomic E-state index is 0.175. The van der Waals surface area contributed by atoms with Crippen molar-refractivity contribution >= 4 is 22.7 Å². The lowest BCUT2D eigenvalue weighted by molar-refractivity contribution is 0.423. The highest BCUT2D eigenvalue weighted by atomic mass is 32.1. The van der Waals surface area contributed by atoms with E-state index >= 15 is 0 Å². The maximum Gasteiger partial charge on any atom is 0.226 e. The van der Waals surface area contributed by atoms with Crippen molar-refractivity contribution in [1.82, 2.24) is 10.2 Å². The summed E-state index contributed by atoms with van der Waals surface area (Å²) >= 11 is 1.45. The van der Waals surface area contributed by atoms with E-state index in [0.29, 0.717) is 10.9 Å². The average Bonchev–Trinajstić information content (AvgIpc) is 3.10. The van der Waals surface area contributed by atoms with E-state index in [1.54, 1.807) is 6.21 Å². The first-order chi connectivity index (χ1) is 13.6. The fraction of sp³-hybridized carbons (Fsp3) is 0.348. The van der Waals surface area contributed by atoms with E-state index in [1.165, 1.54) is 11.3 Å². The van der Waals surface area contributed by atoms with Crippen LogP contribution in [0.5, 0.6) is 5.75 Å². The molecular formula is C23H28N4OS. The number of hydrazone groups is 1. The van der Waals surface area contributed by atoms with Gasteiger partial charge in [-0.3, -0.25) is 5.43 Å². The molecule has 2 aromatic carbocycles. The Morgan fingerprint density at radius 2 is 1.52 bits per heavy atom. The van der Waals surface area contributed by atoms with Crippen LogP contribution in [-0.4, -0.2) is 21.5 Å². The van der Waals surface area contributed by atoms with Gasteiger partial charge in [-0.25, -0.2) is 0 Å². The number of anilines is 1. The molecule has 0 bridgehead atoms. The van der Waals surface area contributed by atoms with Crippen molar-refractivity contribution < 1.29 is 5.11 Å². The summed E-state index contributed by atoms with van der Waals surface area (Å²) < 4.78 is 0. The Morgan fingerprint density at radius 3 is 2.07 bits per heavy atom. The fourth-order valence-corrected chi connectivity index (χ4v) is 3.70. The zero-order valence-electron chi connectivity index (χ0n) is 17.8. The van der Waals surface area contributed by atoms with Crippen molar-refractivity contribution in [1.29, 1.82) is 0 Å². The SMILES string of the molecule is CC(C)(C)c1cc(/C=N\Nc2nnc(-c3ccccc3)s2)cc(C(C)(C)C)c1O. The number of rotatable bonds is 4. The standard InChI is InChI=1S/C23H28N4OS/c1-22(2,3)17-12-15(13-18(19(17)28)23(4,5)6)14-24-26-21-27-25-20(29-21)16-10-8-7-9-11-16/h7-14,28H,1-6H3,(H,26,27)/b24-14-. The first-order valence-corrected chi connectivity index (χ1v) is 10.4. The molecule has 2 N–H and O–H groups in total. The lowest BCUT2D eigenvalue weighted by atomic mass is 9.78. The topological polar surface area (TPSA) is 70.4 Å². The van der Waals surface area contributed by atoms with Crippen LogP contribution in [0.2, 0.25) is 0 Å². The molecule has 0 fully saturated rings. The molecule has 0 aliphatic rings. The highest BCUT2D eigenvalue weighted by molar-refractivity contribution is 7.18. The summed E-state index contributed by atoms with van der Waals surface area (Å²) in [7, 11) is 0. The average molecular weight is 409 g/mol. The van der Waals surface area contributed by atoms with Crippen molar-refractivity contribution in [2.75, 3.05) is 5.43 Å². The van der Waals surface area contributed by atoms with E-state index in [2.05, 4.69) is 62.3 Å². The van der Waals surface area contributed by atoms with Crippen LogP contribution in [0.4, 0.5) is 5.13 Å². The largest absolute Gasteiger partial charge is 0.507 e. The molecular weight excluding hydrogens is 380 g/mol. The van der Waals surface area contributed by atoms with Gasteiger partial charge in [-0.2, -0.15) is 5.10 Å². The van der Waals surface area contributed by atoms with Crippen LogP contribution >= 0.6 is 11.3 Å². The molecule has 1 aromatic heterocycles. The van der Waals surface area contributed by atoms with E-state index in [1.807, 2.05) is 42.5 Å². The Kier molecular flexibility index (Phi) is 5.75. The molecule has 0 saturated carbocycles. The second-order valence-corrected chi connectivity index (χ2v) is 10.1. The lowest BCUT2D eigenvalue weighted by Gasteiger charge is -2.27. The van der Waals surface area contributed by atoms with Crippen LogP contribution in [0.25, 0.3) is 10.6 Å². The van der Waals surface area contributed by atoms with Crippen molar-refractivity contribution in [2.24, 2.45) is 5.10 Å². The zero-order valence-corrected chi connectivity index (χ0v) is 18.6. The fourth-order valence-electron chi connectivity index (χ4n) is 3.00. The molecule has 29 heavy (non-hydrogen) atoms. The third kappa shape index (κ3) is 5.01. The lowest BCUT2D eigenvalue weighted by Crippen LogP contribution is -2.17. The number of aromatic nitrogens is 2. The van der Waals surface area contributed by atoms with Gasteiger partial charge in [0.1, 0.15) is 10.8 Å². The summed E-state index contributed by atoms with van der Waals surface area (Å²) in [5.74, 6) is 0.367. The predicted octanol–water partition coefficient (Wildman–Crippen LogP) is 5.95. The summed E-state index contributed by atoms with van der Waals surface area (Å²) in [5, 5.41) is 25.0. The molecule has 0 aliphatic heterocycles. The number of aromatic hydroxyl groups is 1. The molecule has 1 heterocycles. The van der Waals surface area contributed by atoms with Crippen LogP contribution in [0.3, 0.4) is 0 Å². The molecule has 152 valence electrons. The molecule has 0 atom stereocenters. The number of benzene rings is 2. The summed E-state index contributed by atoms with van der Waals surface area (Å²) in [6.07, 6.45) is 1.76. The Morgan fingerprint density at radius 1 is 0.931 bits per heavy atom. The van der Waals surface area contributed by atoms with Gasteiger partial charge in [0.2, 0.25) is 5.13 Å². The van der Waals surface area contributed by atoms with Crippen molar-refractivity contribution in [3.05, 3.63) is 59.2 Å². The highest BCUT2D eigenvalue weighted by Crippen LogP contribution is 2.39. The first kappa shape index (κ1) is 21.0. The molecule has 5 nitrogen and oxygen atoms in total. The first-order valence-electron chi connectivity index (χ1n) is 9.61. The van der Waals surface area contributed by atoms with Crippen LogP contribution in [0.1, 0.15) is 58.2 Å². The minimum atomic E-state index is -0.175. The monoisotopic (exact) mass is 408 g/mol. The number of nitrogens with one attached hydrogen (secondary N) is 1. The van der Waals surface area contributed by atoms with E-state index in [0.717, 1.165) is 27.3 Å². The summed E-state index contributed by atoms with van der Waals surface area (Å²) in [4.78, 5) is 0. The second kappa shape index (κ2) is 7.95. The molecule has 0 saturated heterocycles. The molecule has 6 heteroatoms. The number of phenols is 1. The van der Waals surface area contributed by atoms with Gasteiger partial charge in [0.15, 0.2) is 0 Å². The van der Waals surface area contributed by atoms with Gasteiger partial charge < -0.3 is 5.11 Å². The third-order valence-electron chi connectivity index (χ3n) is 4.57. The second-order valence-electron chi connectivity index (χ2n) is 9.11. The normalized spacial score (nSPS) is 12.5. The zero-order chi connectivity index (χ0) is 21.2. The number of nitrogens with zero attached hydrogens (tertiary/aromatic N) is 3. The molecule has 3 aromatic rings. The quantitative estimate of drug-likeness (QED) is 0.413. The molecule has 0 spiro atoms. The van der Waals surface area contributed by atoms with Gasteiger partial charge in [0.05, 0.1) is 6.21 Å². The molecule has 0 unspecified atom stereocenters. The number of phenolic OH excluding ortho intramolecular Hbond substituents is 1. The van der Waals surface area contributed by atoms with Crippen molar-refractivity contribution in [3.63, 3.8) is 0 Å². The Bertz CT molecular complexity index is 976. The molecule has 0 amide bonds. The number of hydrogen-bond donors (Lipinski definition) is 2. The summed E-state index contributed by atoms with van der Waals surface area (Å²) in [6.45, 7) is 12.6. The van der Waals surface area contributed by atoms with E-state index in [-0.39, 0.29) is 10.8 Å².